The number of morpholine rings is 1. The van der Waals surface area contributed by atoms with Crippen molar-refractivity contribution >= 4 is 29.9 Å². The number of rotatable bonds is 5. The number of aryl methyl sites for hydroxylation is 1. The number of amides is 1. The minimum absolute atomic E-state index is 0. The van der Waals surface area contributed by atoms with E-state index < -0.39 is 0 Å². The van der Waals surface area contributed by atoms with E-state index in [2.05, 4.69) is 10.2 Å². The third-order valence-corrected chi connectivity index (χ3v) is 4.83. The molecule has 1 unspecified atom stereocenters. The molecule has 140 valence electrons. The fraction of sp³-hybridized carbons (Fsp3) is 0.350. The van der Waals surface area contributed by atoms with Crippen LogP contribution in [0.5, 0.6) is 0 Å². The lowest BCUT2D eigenvalue weighted by molar-refractivity contribution is 0.0162. The Morgan fingerprint density at radius 2 is 1.92 bits per heavy atom. The van der Waals surface area contributed by atoms with E-state index >= 15 is 0 Å². The molecule has 4 nitrogen and oxygen atoms in total. The number of halogens is 2. The van der Waals surface area contributed by atoms with Gasteiger partial charge in [0.15, 0.2) is 0 Å². The standard InChI is InChI=1S/C20H23ClN2O2.ClH/c1-15-5-4-6-16(13-15)20(24)22-14-19(23-9-11-25-12-10-23)17-7-2-3-8-18(17)21;/h2-8,13,19H,9-12,14H2,1H3,(H,22,24);1H. The molecule has 1 atom stereocenters. The summed E-state index contributed by atoms with van der Waals surface area (Å²) in [5.74, 6) is -0.0611. The highest BCUT2D eigenvalue weighted by Crippen LogP contribution is 2.27. The van der Waals surface area contributed by atoms with Gasteiger partial charge in [-0.1, -0.05) is 47.5 Å². The summed E-state index contributed by atoms with van der Waals surface area (Å²) in [6.07, 6.45) is 0. The molecule has 6 heteroatoms. The van der Waals surface area contributed by atoms with Crippen LogP contribution in [-0.4, -0.2) is 43.7 Å². The summed E-state index contributed by atoms with van der Waals surface area (Å²) in [6, 6.07) is 15.5. The molecule has 1 amide bonds. The van der Waals surface area contributed by atoms with Gasteiger partial charge in [0.2, 0.25) is 0 Å². The van der Waals surface area contributed by atoms with E-state index in [1.54, 1.807) is 0 Å². The molecule has 1 aliphatic heterocycles. The molecule has 1 fully saturated rings. The Kier molecular flexibility index (Phi) is 7.91. The molecule has 0 aromatic heterocycles. The van der Waals surface area contributed by atoms with Crippen molar-refractivity contribution in [2.24, 2.45) is 0 Å². The van der Waals surface area contributed by atoms with Gasteiger partial charge in [-0.3, -0.25) is 9.69 Å². The van der Waals surface area contributed by atoms with Gasteiger partial charge >= 0.3 is 0 Å². The van der Waals surface area contributed by atoms with E-state index in [4.69, 9.17) is 16.3 Å². The molecule has 0 spiro atoms. The van der Waals surface area contributed by atoms with Gasteiger partial charge in [0.1, 0.15) is 0 Å². The number of benzene rings is 2. The summed E-state index contributed by atoms with van der Waals surface area (Å²) in [4.78, 5) is 14.8. The zero-order chi connectivity index (χ0) is 17.6. The van der Waals surface area contributed by atoms with E-state index in [1.807, 2.05) is 55.5 Å². The molecule has 0 aliphatic carbocycles. The number of ether oxygens (including phenoxy) is 1. The first-order chi connectivity index (χ1) is 12.1. The normalized spacial score (nSPS) is 15.8. The monoisotopic (exact) mass is 394 g/mol. The summed E-state index contributed by atoms with van der Waals surface area (Å²) in [5, 5.41) is 3.79. The van der Waals surface area contributed by atoms with Crippen LogP contribution in [0, 0.1) is 6.92 Å². The molecular formula is C20H24Cl2N2O2. The van der Waals surface area contributed by atoms with E-state index in [9.17, 15) is 4.79 Å². The fourth-order valence-electron chi connectivity index (χ4n) is 3.15. The number of nitrogens with one attached hydrogen (secondary N) is 1. The zero-order valence-electron chi connectivity index (χ0n) is 14.8. The maximum absolute atomic E-state index is 12.5. The third kappa shape index (κ3) is 5.21. The van der Waals surface area contributed by atoms with Crippen LogP contribution in [0.4, 0.5) is 0 Å². The van der Waals surface area contributed by atoms with Crippen molar-refractivity contribution in [3.8, 4) is 0 Å². The lowest BCUT2D eigenvalue weighted by Gasteiger charge is -2.35. The van der Waals surface area contributed by atoms with Crippen molar-refractivity contribution in [2.45, 2.75) is 13.0 Å². The largest absolute Gasteiger partial charge is 0.379 e. The molecule has 0 radical (unpaired) electrons. The van der Waals surface area contributed by atoms with Gasteiger partial charge in [-0.15, -0.1) is 12.4 Å². The fourth-order valence-corrected chi connectivity index (χ4v) is 3.41. The topological polar surface area (TPSA) is 41.6 Å². The number of nitrogens with zero attached hydrogens (tertiary/aromatic N) is 1. The quantitative estimate of drug-likeness (QED) is 0.836. The van der Waals surface area contributed by atoms with Crippen LogP contribution in [0.1, 0.15) is 27.5 Å². The summed E-state index contributed by atoms with van der Waals surface area (Å²) in [6.45, 7) is 5.56. The second kappa shape index (κ2) is 9.93. The van der Waals surface area contributed by atoms with E-state index in [0.29, 0.717) is 25.3 Å². The van der Waals surface area contributed by atoms with E-state index in [0.717, 1.165) is 29.2 Å². The molecule has 26 heavy (non-hydrogen) atoms. The van der Waals surface area contributed by atoms with Crippen molar-refractivity contribution < 1.29 is 9.53 Å². The van der Waals surface area contributed by atoms with Crippen molar-refractivity contribution in [3.05, 3.63) is 70.2 Å². The number of carbonyl (C=O) groups is 1. The maximum Gasteiger partial charge on any atom is 0.251 e. The van der Waals surface area contributed by atoms with Gasteiger partial charge in [0.05, 0.1) is 19.3 Å². The second-order valence-corrected chi connectivity index (χ2v) is 6.67. The Balaban J connectivity index is 0.00000243. The highest BCUT2D eigenvalue weighted by Gasteiger charge is 2.25. The van der Waals surface area contributed by atoms with Gasteiger partial charge in [-0.05, 0) is 30.7 Å². The first kappa shape index (κ1) is 20.7. The molecule has 0 bridgehead atoms. The van der Waals surface area contributed by atoms with Crippen molar-refractivity contribution in [1.29, 1.82) is 0 Å². The first-order valence-corrected chi connectivity index (χ1v) is 8.94. The summed E-state index contributed by atoms with van der Waals surface area (Å²) >= 11 is 6.42. The van der Waals surface area contributed by atoms with E-state index in [1.165, 1.54) is 0 Å². The van der Waals surface area contributed by atoms with Crippen molar-refractivity contribution in [2.75, 3.05) is 32.8 Å². The average molecular weight is 395 g/mol. The number of hydrogen-bond acceptors (Lipinski definition) is 3. The molecule has 2 aromatic rings. The Labute approximate surface area is 165 Å². The molecular weight excluding hydrogens is 371 g/mol. The molecule has 1 N–H and O–H groups in total. The highest BCUT2D eigenvalue weighted by molar-refractivity contribution is 6.31. The molecule has 2 aromatic carbocycles. The highest BCUT2D eigenvalue weighted by atomic mass is 35.5. The van der Waals surface area contributed by atoms with Crippen LogP contribution in [0.2, 0.25) is 5.02 Å². The van der Waals surface area contributed by atoms with Crippen LogP contribution >= 0.6 is 24.0 Å². The Morgan fingerprint density at radius 1 is 1.19 bits per heavy atom. The zero-order valence-corrected chi connectivity index (χ0v) is 16.4. The third-order valence-electron chi connectivity index (χ3n) is 4.49. The smallest absolute Gasteiger partial charge is 0.251 e. The number of hydrogen-bond donors (Lipinski definition) is 1. The summed E-state index contributed by atoms with van der Waals surface area (Å²) in [5.41, 5.74) is 2.79. The predicted octanol–water partition coefficient (Wildman–Crippen LogP) is 3.87. The Hall–Kier alpha value is -1.59. The lowest BCUT2D eigenvalue weighted by Crippen LogP contribution is -2.44. The maximum atomic E-state index is 12.5. The minimum atomic E-state index is -0.0611. The Morgan fingerprint density at radius 3 is 2.62 bits per heavy atom. The SMILES string of the molecule is Cc1cccc(C(=O)NCC(c2ccccc2Cl)N2CCOCC2)c1.Cl. The molecule has 0 saturated carbocycles. The van der Waals surface area contributed by atoms with E-state index in [-0.39, 0.29) is 24.4 Å². The lowest BCUT2D eigenvalue weighted by atomic mass is 10.0. The van der Waals surface area contributed by atoms with Gasteiger partial charge in [0, 0.05) is 30.2 Å². The number of carbonyl (C=O) groups excluding carboxylic acids is 1. The first-order valence-electron chi connectivity index (χ1n) is 8.56. The van der Waals surface area contributed by atoms with Gasteiger partial charge in [-0.2, -0.15) is 0 Å². The molecule has 3 rings (SSSR count). The summed E-state index contributed by atoms with van der Waals surface area (Å²) in [7, 11) is 0. The second-order valence-electron chi connectivity index (χ2n) is 6.27. The predicted molar refractivity (Wildman–Crippen MR) is 107 cm³/mol. The van der Waals surface area contributed by atoms with Gasteiger partial charge in [-0.25, -0.2) is 0 Å². The summed E-state index contributed by atoms with van der Waals surface area (Å²) < 4.78 is 5.46. The van der Waals surface area contributed by atoms with Crippen LogP contribution in [0.15, 0.2) is 48.5 Å². The minimum Gasteiger partial charge on any atom is -0.379 e. The van der Waals surface area contributed by atoms with Crippen LogP contribution in [0.3, 0.4) is 0 Å². The van der Waals surface area contributed by atoms with Crippen LogP contribution in [0.25, 0.3) is 0 Å². The van der Waals surface area contributed by atoms with Gasteiger partial charge < -0.3 is 10.1 Å². The molecule has 1 saturated heterocycles. The molecule has 1 heterocycles. The van der Waals surface area contributed by atoms with Crippen molar-refractivity contribution in [1.82, 2.24) is 10.2 Å². The van der Waals surface area contributed by atoms with Crippen molar-refractivity contribution in [3.63, 3.8) is 0 Å². The molecule has 1 aliphatic rings. The average Bonchev–Trinajstić information content (AvgIpc) is 2.64. The van der Waals surface area contributed by atoms with Crippen LogP contribution < -0.4 is 5.32 Å². The van der Waals surface area contributed by atoms with Crippen LogP contribution in [-0.2, 0) is 4.74 Å². The Bertz CT molecular complexity index is 733. The van der Waals surface area contributed by atoms with Gasteiger partial charge in [0.25, 0.3) is 5.91 Å².